The number of halogens is 1. The lowest BCUT2D eigenvalue weighted by molar-refractivity contribution is 0.102. The summed E-state index contributed by atoms with van der Waals surface area (Å²) < 4.78 is 5.13. The quantitative estimate of drug-likeness (QED) is 0.816. The Hall–Kier alpha value is -2.60. The molecule has 3 rings (SSSR count). The van der Waals surface area contributed by atoms with Crippen LogP contribution in [0.15, 0.2) is 47.6 Å². The summed E-state index contributed by atoms with van der Waals surface area (Å²) >= 11 is 5.71. The van der Waals surface area contributed by atoms with E-state index in [1.165, 1.54) is 11.8 Å². The minimum absolute atomic E-state index is 0.127. The summed E-state index contributed by atoms with van der Waals surface area (Å²) in [6, 6.07) is 11.3. The predicted octanol–water partition coefficient (Wildman–Crippen LogP) is 2.63. The number of rotatable bonds is 5. The van der Waals surface area contributed by atoms with Gasteiger partial charge in [-0.25, -0.2) is 9.98 Å². The second-order valence-corrected chi connectivity index (χ2v) is 5.88. The number of amidine groups is 1. The number of aliphatic imine (C=N–C) groups is 1. The molecule has 1 aliphatic rings. The number of anilines is 1. The summed E-state index contributed by atoms with van der Waals surface area (Å²) in [6.07, 6.45) is 3.20. The van der Waals surface area contributed by atoms with Crippen LogP contribution in [0.1, 0.15) is 22.3 Å². The number of nitrogens with two attached hydrogens (primary N) is 1. The maximum absolute atomic E-state index is 12.1. The highest BCUT2D eigenvalue weighted by Crippen LogP contribution is 2.15. The Bertz CT molecular complexity index is 744. The largest absolute Gasteiger partial charge is 0.463 e. The van der Waals surface area contributed by atoms with E-state index in [0.717, 1.165) is 18.5 Å². The summed E-state index contributed by atoms with van der Waals surface area (Å²) in [6.45, 7) is 0.551. The van der Waals surface area contributed by atoms with Crippen molar-refractivity contribution in [3.05, 3.63) is 58.9 Å². The number of carbonyl (C=O) groups excluding carboxylic acids is 1. The monoisotopic (exact) mass is 344 g/mol. The summed E-state index contributed by atoms with van der Waals surface area (Å²) in [5.41, 5.74) is 7.85. The first-order valence-electron chi connectivity index (χ1n) is 7.58. The van der Waals surface area contributed by atoms with E-state index in [-0.39, 0.29) is 18.0 Å². The SMILES string of the molecule is NC1=N[C@@H](CCc2ccc(NC(=O)c3ccc(Cl)nc3)cc2)CO1. The van der Waals surface area contributed by atoms with Gasteiger partial charge in [0.15, 0.2) is 0 Å². The van der Waals surface area contributed by atoms with Crippen molar-refractivity contribution in [2.45, 2.75) is 18.9 Å². The average molecular weight is 345 g/mol. The predicted molar refractivity (Wildman–Crippen MR) is 93.3 cm³/mol. The third-order valence-corrected chi connectivity index (χ3v) is 3.92. The molecule has 1 aromatic carbocycles. The molecule has 3 N–H and O–H groups in total. The van der Waals surface area contributed by atoms with Gasteiger partial charge in [0, 0.05) is 11.9 Å². The summed E-state index contributed by atoms with van der Waals surface area (Å²) in [5.74, 6) is -0.222. The van der Waals surface area contributed by atoms with E-state index in [9.17, 15) is 4.79 Å². The first kappa shape index (κ1) is 16.3. The number of ether oxygens (including phenoxy) is 1. The first-order valence-corrected chi connectivity index (χ1v) is 7.96. The Morgan fingerprint density at radius 3 is 2.71 bits per heavy atom. The second-order valence-electron chi connectivity index (χ2n) is 5.49. The molecule has 0 aliphatic carbocycles. The van der Waals surface area contributed by atoms with E-state index < -0.39 is 0 Å². The van der Waals surface area contributed by atoms with E-state index in [4.69, 9.17) is 22.1 Å². The van der Waals surface area contributed by atoms with Gasteiger partial charge in [0.2, 0.25) is 0 Å². The maximum Gasteiger partial charge on any atom is 0.282 e. The van der Waals surface area contributed by atoms with Gasteiger partial charge in [0.05, 0.1) is 11.6 Å². The smallest absolute Gasteiger partial charge is 0.282 e. The van der Waals surface area contributed by atoms with Crippen molar-refractivity contribution in [2.24, 2.45) is 10.7 Å². The summed E-state index contributed by atoms with van der Waals surface area (Å²) in [4.78, 5) is 20.2. The number of aromatic nitrogens is 1. The zero-order valence-corrected chi connectivity index (χ0v) is 13.7. The van der Waals surface area contributed by atoms with E-state index >= 15 is 0 Å². The summed E-state index contributed by atoms with van der Waals surface area (Å²) in [5, 5.41) is 3.18. The molecule has 1 aliphatic heterocycles. The number of benzene rings is 1. The second kappa shape index (κ2) is 7.31. The van der Waals surface area contributed by atoms with Gasteiger partial charge in [-0.15, -0.1) is 0 Å². The van der Waals surface area contributed by atoms with Crippen LogP contribution >= 0.6 is 11.6 Å². The minimum atomic E-state index is -0.222. The van der Waals surface area contributed by atoms with Gasteiger partial charge in [-0.2, -0.15) is 0 Å². The van der Waals surface area contributed by atoms with Crippen molar-refractivity contribution in [3.63, 3.8) is 0 Å². The topological polar surface area (TPSA) is 89.6 Å². The van der Waals surface area contributed by atoms with Crippen LogP contribution < -0.4 is 11.1 Å². The zero-order chi connectivity index (χ0) is 16.9. The van der Waals surface area contributed by atoms with Crippen molar-refractivity contribution >= 4 is 29.2 Å². The molecule has 0 spiro atoms. The lowest BCUT2D eigenvalue weighted by atomic mass is 10.1. The van der Waals surface area contributed by atoms with Crippen LogP contribution in [-0.4, -0.2) is 29.6 Å². The normalized spacial score (nSPS) is 16.4. The number of aryl methyl sites for hydroxylation is 1. The third-order valence-electron chi connectivity index (χ3n) is 3.70. The fourth-order valence-corrected chi connectivity index (χ4v) is 2.50. The maximum atomic E-state index is 12.1. The molecule has 2 aromatic rings. The summed E-state index contributed by atoms with van der Waals surface area (Å²) in [7, 11) is 0. The molecule has 1 atom stereocenters. The molecule has 0 fully saturated rings. The first-order chi connectivity index (χ1) is 11.6. The highest BCUT2D eigenvalue weighted by atomic mass is 35.5. The molecular weight excluding hydrogens is 328 g/mol. The van der Waals surface area contributed by atoms with Gasteiger partial charge in [-0.3, -0.25) is 4.79 Å². The van der Waals surface area contributed by atoms with Crippen molar-refractivity contribution in [3.8, 4) is 0 Å². The Labute approximate surface area is 144 Å². The fourth-order valence-electron chi connectivity index (χ4n) is 2.39. The standard InChI is InChI=1S/C17H17ClN4O2/c18-15-8-4-12(9-20-15)16(23)21-13-5-1-11(2-6-13)3-7-14-10-24-17(19)22-14/h1-2,4-6,8-9,14H,3,7,10H2,(H2,19,22)(H,21,23)/t14-/m0/s1. The lowest BCUT2D eigenvalue weighted by Crippen LogP contribution is -2.12. The molecule has 0 bridgehead atoms. The molecule has 0 saturated heterocycles. The highest BCUT2D eigenvalue weighted by molar-refractivity contribution is 6.29. The molecule has 0 unspecified atom stereocenters. The number of pyridine rings is 1. The van der Waals surface area contributed by atoms with Crippen LogP contribution in [-0.2, 0) is 11.2 Å². The van der Waals surface area contributed by atoms with Crippen LogP contribution in [0, 0.1) is 0 Å². The van der Waals surface area contributed by atoms with Crippen LogP contribution in [0.4, 0.5) is 5.69 Å². The Balaban J connectivity index is 1.54. The number of hydrogen-bond acceptors (Lipinski definition) is 5. The van der Waals surface area contributed by atoms with Gasteiger partial charge in [0.1, 0.15) is 11.8 Å². The Kier molecular flexibility index (Phi) is 4.96. The average Bonchev–Trinajstić information content (AvgIpc) is 3.00. The molecule has 24 heavy (non-hydrogen) atoms. The van der Waals surface area contributed by atoms with E-state index in [1.54, 1.807) is 12.1 Å². The van der Waals surface area contributed by atoms with Crippen LogP contribution in [0.25, 0.3) is 0 Å². The molecule has 124 valence electrons. The van der Waals surface area contributed by atoms with Gasteiger partial charge in [-0.05, 0) is 42.7 Å². The number of amides is 1. The van der Waals surface area contributed by atoms with Crippen molar-refractivity contribution in [2.75, 3.05) is 11.9 Å². The van der Waals surface area contributed by atoms with Gasteiger partial charge in [0.25, 0.3) is 11.9 Å². The number of hydrogen-bond donors (Lipinski definition) is 2. The van der Waals surface area contributed by atoms with Crippen LogP contribution in [0.2, 0.25) is 5.15 Å². The van der Waals surface area contributed by atoms with Crippen LogP contribution in [0.3, 0.4) is 0 Å². The van der Waals surface area contributed by atoms with Crippen molar-refractivity contribution in [1.82, 2.24) is 4.98 Å². The Morgan fingerprint density at radius 1 is 1.29 bits per heavy atom. The fraction of sp³-hybridized carbons (Fsp3) is 0.235. The zero-order valence-electron chi connectivity index (χ0n) is 12.9. The molecule has 0 radical (unpaired) electrons. The van der Waals surface area contributed by atoms with Crippen LogP contribution in [0.5, 0.6) is 0 Å². The van der Waals surface area contributed by atoms with Gasteiger partial charge in [-0.1, -0.05) is 23.7 Å². The van der Waals surface area contributed by atoms with Gasteiger partial charge < -0.3 is 15.8 Å². The van der Waals surface area contributed by atoms with E-state index in [2.05, 4.69) is 15.3 Å². The van der Waals surface area contributed by atoms with Crippen molar-refractivity contribution < 1.29 is 9.53 Å². The van der Waals surface area contributed by atoms with Gasteiger partial charge >= 0.3 is 0 Å². The number of nitrogens with zero attached hydrogens (tertiary/aromatic N) is 2. The molecule has 1 aromatic heterocycles. The molecule has 0 saturated carbocycles. The van der Waals surface area contributed by atoms with Crippen molar-refractivity contribution in [1.29, 1.82) is 0 Å². The highest BCUT2D eigenvalue weighted by Gasteiger charge is 2.16. The number of nitrogens with one attached hydrogen (secondary N) is 1. The molecule has 2 heterocycles. The van der Waals surface area contributed by atoms with E-state index in [1.807, 2.05) is 24.3 Å². The Morgan fingerprint density at radius 2 is 2.08 bits per heavy atom. The molecule has 1 amide bonds. The molecule has 6 nitrogen and oxygen atoms in total. The van der Waals surface area contributed by atoms with E-state index in [0.29, 0.717) is 17.3 Å². The molecule has 7 heteroatoms. The number of carbonyl (C=O) groups is 1. The molecular formula is C17H17ClN4O2. The lowest BCUT2D eigenvalue weighted by Gasteiger charge is -2.08. The third kappa shape index (κ3) is 4.23. The minimum Gasteiger partial charge on any atom is -0.463 e.